The van der Waals surface area contributed by atoms with Gasteiger partial charge in [0.05, 0.1) is 18.1 Å². The van der Waals surface area contributed by atoms with Crippen LogP contribution >= 0.6 is 23.5 Å². The zero-order valence-corrected chi connectivity index (χ0v) is 20.9. The molecule has 0 saturated carbocycles. The van der Waals surface area contributed by atoms with Gasteiger partial charge in [0.15, 0.2) is 10.7 Å². The van der Waals surface area contributed by atoms with Crippen molar-refractivity contribution in [3.63, 3.8) is 0 Å². The van der Waals surface area contributed by atoms with Crippen molar-refractivity contribution in [3.8, 4) is 5.75 Å². The van der Waals surface area contributed by atoms with Crippen LogP contribution in [0.15, 0.2) is 88.0 Å². The summed E-state index contributed by atoms with van der Waals surface area (Å²) in [5.41, 5.74) is 9.87. The summed E-state index contributed by atoms with van der Waals surface area (Å²) in [4.78, 5) is 4.52. The van der Waals surface area contributed by atoms with E-state index in [2.05, 4.69) is 31.4 Å². The first-order valence-electron chi connectivity index (χ1n) is 10.5. The standard InChI is InChI=1S/C25H28N6OS2/c1-18-14-19(16-26-30-24(33-2)28-21-10-6-4-7-11-21)23(32)20(15-18)17-27-31-25(34-3)29-22-12-8-5-9-13-22/h4-17,24,28,30,32H,1-3H3,(H,29,31)/t24-/m0/s1. The summed E-state index contributed by atoms with van der Waals surface area (Å²) in [5.74, 6) is 0.101. The van der Waals surface area contributed by atoms with E-state index in [9.17, 15) is 5.11 Å². The fraction of sp³-hybridized carbons (Fsp3) is 0.160. The lowest BCUT2D eigenvalue weighted by atomic mass is 10.1. The molecule has 0 bridgehead atoms. The number of thioether (sulfide) groups is 2. The molecule has 1 atom stereocenters. The van der Waals surface area contributed by atoms with Crippen LogP contribution in [-0.2, 0) is 0 Å². The van der Waals surface area contributed by atoms with Gasteiger partial charge in [0, 0.05) is 16.8 Å². The third-order valence-electron chi connectivity index (χ3n) is 4.56. The fourth-order valence-corrected chi connectivity index (χ4v) is 3.69. The Morgan fingerprint density at radius 3 is 2.15 bits per heavy atom. The highest BCUT2D eigenvalue weighted by atomic mass is 32.2. The normalized spacial score (nSPS) is 12.7. The fourth-order valence-electron chi connectivity index (χ4n) is 2.93. The Hall–Kier alpha value is -3.43. The number of nitrogens with zero attached hydrogens (tertiary/aromatic N) is 3. The van der Waals surface area contributed by atoms with E-state index in [1.165, 1.54) is 11.8 Å². The van der Waals surface area contributed by atoms with Crippen molar-refractivity contribution in [2.45, 2.75) is 12.4 Å². The predicted molar refractivity (Wildman–Crippen MR) is 149 cm³/mol. The Morgan fingerprint density at radius 1 is 0.912 bits per heavy atom. The van der Waals surface area contributed by atoms with Crippen LogP contribution in [0.5, 0.6) is 5.75 Å². The third-order valence-corrected chi connectivity index (χ3v) is 5.82. The Kier molecular flexibility index (Phi) is 9.87. The van der Waals surface area contributed by atoms with Crippen molar-refractivity contribution in [1.82, 2.24) is 10.9 Å². The average Bonchev–Trinajstić information content (AvgIpc) is 2.86. The molecule has 0 amide bonds. The number of aliphatic imine (C=N–C) groups is 1. The summed E-state index contributed by atoms with van der Waals surface area (Å²) in [7, 11) is 0. The van der Waals surface area contributed by atoms with Crippen molar-refractivity contribution in [1.29, 1.82) is 0 Å². The number of amidine groups is 1. The van der Waals surface area contributed by atoms with Gasteiger partial charge in [0.25, 0.3) is 0 Å². The molecule has 0 heterocycles. The van der Waals surface area contributed by atoms with Crippen LogP contribution < -0.4 is 16.2 Å². The van der Waals surface area contributed by atoms with Gasteiger partial charge in [-0.1, -0.05) is 48.2 Å². The Labute approximate surface area is 208 Å². The molecule has 7 nitrogen and oxygen atoms in total. The highest BCUT2D eigenvalue weighted by Crippen LogP contribution is 2.22. The average molecular weight is 493 g/mol. The molecule has 3 rings (SSSR count). The molecule has 3 aromatic rings. The lowest BCUT2D eigenvalue weighted by Crippen LogP contribution is -2.29. The lowest BCUT2D eigenvalue weighted by molar-refractivity contribution is 0.473. The highest BCUT2D eigenvalue weighted by molar-refractivity contribution is 8.13. The minimum atomic E-state index is -0.121. The zero-order valence-electron chi connectivity index (χ0n) is 19.3. The van der Waals surface area contributed by atoms with E-state index in [1.54, 1.807) is 24.2 Å². The number of hydrogen-bond donors (Lipinski definition) is 4. The number of phenolic OH excluding ortho intramolecular Hbond substituents is 1. The molecule has 0 aromatic heterocycles. The zero-order chi connectivity index (χ0) is 24.2. The van der Waals surface area contributed by atoms with Gasteiger partial charge in [0.1, 0.15) is 5.75 Å². The largest absolute Gasteiger partial charge is 0.507 e. The van der Waals surface area contributed by atoms with Crippen LogP contribution in [0.4, 0.5) is 11.4 Å². The van der Waals surface area contributed by atoms with E-state index in [1.807, 2.05) is 92.2 Å². The maximum Gasteiger partial charge on any atom is 0.182 e. The van der Waals surface area contributed by atoms with Crippen molar-refractivity contribution in [3.05, 3.63) is 89.5 Å². The summed E-state index contributed by atoms with van der Waals surface area (Å²) >= 11 is 3.04. The first-order valence-corrected chi connectivity index (χ1v) is 13.0. The molecule has 0 aliphatic heterocycles. The summed E-state index contributed by atoms with van der Waals surface area (Å²) in [5, 5.41) is 23.3. The molecule has 4 N–H and O–H groups in total. The number of nitrogens with one attached hydrogen (secondary N) is 3. The summed E-state index contributed by atoms with van der Waals surface area (Å²) in [6, 6.07) is 23.3. The molecule has 0 spiro atoms. The molecule has 0 aliphatic rings. The van der Waals surface area contributed by atoms with Gasteiger partial charge in [-0.15, -0.1) is 11.8 Å². The number of rotatable bonds is 9. The van der Waals surface area contributed by atoms with E-state index in [0.29, 0.717) is 16.3 Å². The van der Waals surface area contributed by atoms with E-state index in [0.717, 1.165) is 16.9 Å². The minimum Gasteiger partial charge on any atom is -0.507 e. The summed E-state index contributed by atoms with van der Waals surface area (Å²) in [6.07, 6.45) is 7.09. The van der Waals surface area contributed by atoms with E-state index < -0.39 is 0 Å². The molecule has 0 aliphatic carbocycles. The molecule has 3 aromatic carbocycles. The van der Waals surface area contributed by atoms with Crippen LogP contribution in [0.3, 0.4) is 0 Å². The molecule has 9 heteroatoms. The van der Waals surface area contributed by atoms with Crippen LogP contribution in [0.1, 0.15) is 16.7 Å². The molecule has 0 radical (unpaired) electrons. The maximum atomic E-state index is 10.7. The number of benzene rings is 3. The topological polar surface area (TPSA) is 93.4 Å². The first-order chi connectivity index (χ1) is 16.6. The lowest BCUT2D eigenvalue weighted by Gasteiger charge is -2.17. The van der Waals surface area contributed by atoms with Crippen molar-refractivity contribution in [2.75, 3.05) is 17.8 Å². The van der Waals surface area contributed by atoms with E-state index in [4.69, 9.17) is 0 Å². The second kappa shape index (κ2) is 13.3. The van der Waals surface area contributed by atoms with E-state index >= 15 is 0 Å². The van der Waals surface area contributed by atoms with Crippen LogP contribution in [0, 0.1) is 6.92 Å². The molecule has 34 heavy (non-hydrogen) atoms. The van der Waals surface area contributed by atoms with E-state index in [-0.39, 0.29) is 11.2 Å². The first kappa shape index (κ1) is 25.2. The van der Waals surface area contributed by atoms with Gasteiger partial charge in [-0.05, 0) is 61.4 Å². The number of aryl methyl sites for hydroxylation is 1. The van der Waals surface area contributed by atoms with Gasteiger partial charge < -0.3 is 10.4 Å². The van der Waals surface area contributed by atoms with Crippen LogP contribution in [0.2, 0.25) is 0 Å². The van der Waals surface area contributed by atoms with Crippen LogP contribution in [-0.4, -0.2) is 40.7 Å². The third kappa shape index (κ3) is 7.86. The van der Waals surface area contributed by atoms with Gasteiger partial charge in [-0.2, -0.15) is 10.2 Å². The number of phenols is 1. The number of aromatic hydroxyl groups is 1. The molecule has 0 fully saturated rings. The molecular weight excluding hydrogens is 464 g/mol. The highest BCUT2D eigenvalue weighted by Gasteiger charge is 2.07. The summed E-state index contributed by atoms with van der Waals surface area (Å²) < 4.78 is 0. The number of anilines is 1. The number of para-hydroxylation sites is 2. The minimum absolute atomic E-state index is 0.101. The SMILES string of the molecule is CSC(=Nc1ccccc1)NN=Cc1cc(C)cc(C=NN[C@H](Nc2ccccc2)SC)c1O. The number of hydrogen-bond acceptors (Lipinski definition) is 8. The molecule has 0 unspecified atom stereocenters. The van der Waals surface area contributed by atoms with Gasteiger partial charge >= 0.3 is 0 Å². The molecule has 0 saturated heterocycles. The predicted octanol–water partition coefficient (Wildman–Crippen LogP) is 5.36. The van der Waals surface area contributed by atoms with Crippen molar-refractivity contribution in [2.24, 2.45) is 15.2 Å². The Bertz CT molecular complexity index is 1140. The number of hydrazone groups is 2. The van der Waals surface area contributed by atoms with Crippen LogP contribution in [0.25, 0.3) is 0 Å². The smallest absolute Gasteiger partial charge is 0.182 e. The molecule has 176 valence electrons. The Morgan fingerprint density at radius 2 is 1.53 bits per heavy atom. The van der Waals surface area contributed by atoms with Crippen molar-refractivity contribution < 1.29 is 5.11 Å². The second-order valence-corrected chi connectivity index (χ2v) is 8.87. The van der Waals surface area contributed by atoms with Gasteiger partial charge in [-0.25, -0.2) is 4.99 Å². The van der Waals surface area contributed by atoms with Crippen molar-refractivity contribution >= 4 is 52.5 Å². The monoisotopic (exact) mass is 492 g/mol. The maximum absolute atomic E-state index is 10.7. The van der Waals surface area contributed by atoms with Gasteiger partial charge in [-0.3, -0.25) is 10.9 Å². The second-order valence-electron chi connectivity index (χ2n) is 7.13. The Balaban J connectivity index is 1.67. The quantitative estimate of drug-likeness (QED) is 0.139. The summed E-state index contributed by atoms with van der Waals surface area (Å²) in [6.45, 7) is 1.96. The van der Waals surface area contributed by atoms with Gasteiger partial charge in [0.2, 0.25) is 0 Å². The molecular formula is C25H28N6OS2.